The molecule has 0 unspecified atom stereocenters. The number of piperidine rings is 1. The van der Waals surface area contributed by atoms with Crippen LogP contribution in [-0.2, 0) is 10.0 Å². The average Bonchev–Trinajstić information content (AvgIpc) is 2.55. The molecule has 0 aromatic heterocycles. The summed E-state index contributed by atoms with van der Waals surface area (Å²) in [6, 6.07) is 5.54. The van der Waals surface area contributed by atoms with Crippen molar-refractivity contribution in [2.24, 2.45) is 11.8 Å². The van der Waals surface area contributed by atoms with E-state index in [4.69, 9.17) is 4.74 Å². The smallest absolute Gasteiger partial charge is 0.214 e. The van der Waals surface area contributed by atoms with Crippen molar-refractivity contribution in [2.75, 3.05) is 38.5 Å². The van der Waals surface area contributed by atoms with E-state index in [0.29, 0.717) is 24.1 Å². The minimum atomic E-state index is -3.35. The highest BCUT2D eigenvalue weighted by Gasteiger charge is 2.21. The number of ether oxygens (including phenoxy) is 1. The number of benzene rings is 1. The Morgan fingerprint density at radius 2 is 1.88 bits per heavy atom. The quantitative estimate of drug-likeness (QED) is 0.724. The number of rotatable bonds is 9. The Bertz CT molecular complexity index is 612. The zero-order valence-electron chi connectivity index (χ0n) is 15.1. The summed E-state index contributed by atoms with van der Waals surface area (Å²) in [5.74, 6) is 1.08. The number of hydrogen-bond acceptors (Lipinski definition) is 4. The highest BCUT2D eigenvalue weighted by atomic mass is 32.2. The van der Waals surface area contributed by atoms with E-state index in [1.165, 1.54) is 24.3 Å². The largest absolute Gasteiger partial charge is 0.492 e. The Morgan fingerprint density at radius 3 is 2.48 bits per heavy atom. The molecule has 1 saturated heterocycles. The van der Waals surface area contributed by atoms with Gasteiger partial charge in [-0.05, 0) is 62.0 Å². The molecule has 0 amide bonds. The predicted octanol–water partition coefficient (Wildman–Crippen LogP) is 2.49. The topological polar surface area (TPSA) is 58.6 Å². The van der Waals surface area contributed by atoms with Crippen LogP contribution in [0.5, 0.6) is 5.75 Å². The van der Waals surface area contributed by atoms with Crippen LogP contribution in [0, 0.1) is 17.7 Å². The van der Waals surface area contributed by atoms with Crippen molar-refractivity contribution in [1.82, 2.24) is 9.62 Å². The fraction of sp³-hybridized carbons (Fsp3) is 0.667. The van der Waals surface area contributed by atoms with Gasteiger partial charge in [-0.1, -0.05) is 13.8 Å². The lowest BCUT2D eigenvalue weighted by Crippen LogP contribution is -2.40. The second-order valence-corrected chi connectivity index (χ2v) is 9.03. The molecular formula is C18H29FN2O3S. The fourth-order valence-electron chi connectivity index (χ4n) is 3.01. The molecule has 0 aliphatic carbocycles. The van der Waals surface area contributed by atoms with Gasteiger partial charge in [0.1, 0.15) is 18.2 Å². The molecule has 1 aliphatic heterocycles. The van der Waals surface area contributed by atoms with Crippen LogP contribution in [-0.4, -0.2) is 51.9 Å². The van der Waals surface area contributed by atoms with Crippen LogP contribution < -0.4 is 9.46 Å². The maximum Gasteiger partial charge on any atom is 0.214 e. The normalized spacial score (nSPS) is 17.1. The van der Waals surface area contributed by atoms with Gasteiger partial charge < -0.3 is 9.64 Å². The van der Waals surface area contributed by atoms with Crippen LogP contribution in [0.4, 0.5) is 4.39 Å². The molecule has 0 radical (unpaired) electrons. The zero-order chi connectivity index (χ0) is 18.3. The molecule has 1 fully saturated rings. The third-order valence-corrected chi connectivity index (χ3v) is 5.67. The second-order valence-electron chi connectivity index (χ2n) is 7.11. The van der Waals surface area contributed by atoms with Crippen molar-refractivity contribution in [1.29, 1.82) is 0 Å². The first-order valence-corrected chi connectivity index (χ1v) is 10.6. The van der Waals surface area contributed by atoms with Crippen molar-refractivity contribution in [3.63, 3.8) is 0 Å². The monoisotopic (exact) mass is 372 g/mol. The number of hydrogen-bond donors (Lipinski definition) is 1. The summed E-state index contributed by atoms with van der Waals surface area (Å²) < 4.78 is 45.0. The third-order valence-electron chi connectivity index (χ3n) is 4.36. The summed E-state index contributed by atoms with van der Waals surface area (Å²) in [5, 5.41) is 0. The van der Waals surface area contributed by atoms with E-state index < -0.39 is 10.0 Å². The lowest BCUT2D eigenvalue weighted by molar-refractivity contribution is 0.169. The number of halogens is 1. The SMILES string of the molecule is CC(C)CN1CCC(CNS(=O)(=O)CCOc2ccc(F)cc2)CC1. The summed E-state index contributed by atoms with van der Waals surface area (Å²) in [5.41, 5.74) is 0. The average molecular weight is 373 g/mol. The summed E-state index contributed by atoms with van der Waals surface area (Å²) >= 11 is 0. The van der Waals surface area contributed by atoms with Crippen molar-refractivity contribution in [3.8, 4) is 5.75 Å². The van der Waals surface area contributed by atoms with E-state index in [2.05, 4.69) is 23.5 Å². The van der Waals surface area contributed by atoms with Gasteiger partial charge >= 0.3 is 0 Å². The molecule has 1 N–H and O–H groups in total. The van der Waals surface area contributed by atoms with Gasteiger partial charge in [-0.15, -0.1) is 0 Å². The van der Waals surface area contributed by atoms with E-state index in [1.807, 2.05) is 0 Å². The van der Waals surface area contributed by atoms with Crippen LogP contribution in [0.25, 0.3) is 0 Å². The summed E-state index contributed by atoms with van der Waals surface area (Å²) in [4.78, 5) is 2.45. The minimum Gasteiger partial charge on any atom is -0.492 e. The lowest BCUT2D eigenvalue weighted by atomic mass is 9.96. The Balaban J connectivity index is 1.65. The molecule has 1 aliphatic rings. The van der Waals surface area contributed by atoms with Crippen LogP contribution in [0.1, 0.15) is 26.7 Å². The Kier molecular flexibility index (Phi) is 7.65. The Morgan fingerprint density at radius 1 is 1.24 bits per heavy atom. The van der Waals surface area contributed by atoms with Gasteiger partial charge in [-0.3, -0.25) is 0 Å². The standard InChI is InChI=1S/C18H29FN2O3S/c1-15(2)14-21-9-7-16(8-10-21)13-20-25(22,23)12-11-24-18-5-3-17(19)4-6-18/h3-6,15-16,20H,7-14H2,1-2H3. The fourth-order valence-corrected chi connectivity index (χ4v) is 3.94. The minimum absolute atomic E-state index is 0.0494. The second kappa shape index (κ2) is 9.50. The maximum atomic E-state index is 12.8. The molecule has 1 aromatic carbocycles. The molecule has 1 heterocycles. The number of nitrogens with zero attached hydrogens (tertiary/aromatic N) is 1. The van der Waals surface area contributed by atoms with E-state index >= 15 is 0 Å². The maximum absolute atomic E-state index is 12.8. The molecule has 0 spiro atoms. The molecule has 5 nitrogen and oxygen atoms in total. The van der Waals surface area contributed by atoms with Crippen LogP contribution in [0.2, 0.25) is 0 Å². The summed E-state index contributed by atoms with van der Waals surface area (Å²) in [6.07, 6.45) is 2.06. The van der Waals surface area contributed by atoms with Gasteiger partial charge in [-0.2, -0.15) is 0 Å². The molecule has 0 saturated carbocycles. The summed E-state index contributed by atoms with van der Waals surface area (Å²) in [6.45, 7) is 8.17. The van der Waals surface area contributed by atoms with Crippen molar-refractivity contribution < 1.29 is 17.5 Å². The Hall–Kier alpha value is -1.18. The number of nitrogens with one attached hydrogen (secondary N) is 1. The Labute approximate surface area is 150 Å². The third kappa shape index (κ3) is 7.71. The molecule has 0 bridgehead atoms. The summed E-state index contributed by atoms with van der Waals surface area (Å²) in [7, 11) is -3.35. The van der Waals surface area contributed by atoms with E-state index in [1.54, 1.807) is 0 Å². The zero-order valence-corrected chi connectivity index (χ0v) is 15.9. The molecule has 7 heteroatoms. The van der Waals surface area contributed by atoms with Gasteiger partial charge in [0.15, 0.2) is 0 Å². The first kappa shape index (κ1) is 20.1. The molecule has 1 aromatic rings. The number of likely N-dealkylation sites (tertiary alicyclic amines) is 1. The highest BCUT2D eigenvalue weighted by molar-refractivity contribution is 7.89. The molecule has 142 valence electrons. The van der Waals surface area contributed by atoms with E-state index in [0.717, 1.165) is 32.5 Å². The van der Waals surface area contributed by atoms with Crippen LogP contribution in [0.3, 0.4) is 0 Å². The molecule has 0 atom stereocenters. The van der Waals surface area contributed by atoms with E-state index in [9.17, 15) is 12.8 Å². The van der Waals surface area contributed by atoms with Gasteiger partial charge in [-0.25, -0.2) is 17.5 Å². The van der Waals surface area contributed by atoms with Gasteiger partial charge in [0.05, 0.1) is 5.75 Å². The first-order valence-electron chi connectivity index (χ1n) is 8.92. The molecule has 25 heavy (non-hydrogen) atoms. The van der Waals surface area contributed by atoms with Crippen molar-refractivity contribution in [3.05, 3.63) is 30.1 Å². The highest BCUT2D eigenvalue weighted by Crippen LogP contribution is 2.17. The van der Waals surface area contributed by atoms with Gasteiger partial charge in [0.2, 0.25) is 10.0 Å². The molecule has 2 rings (SSSR count). The van der Waals surface area contributed by atoms with Gasteiger partial charge in [0, 0.05) is 13.1 Å². The van der Waals surface area contributed by atoms with Crippen LogP contribution in [0.15, 0.2) is 24.3 Å². The molecular weight excluding hydrogens is 343 g/mol. The van der Waals surface area contributed by atoms with Gasteiger partial charge in [0.25, 0.3) is 0 Å². The van der Waals surface area contributed by atoms with Crippen molar-refractivity contribution >= 4 is 10.0 Å². The van der Waals surface area contributed by atoms with Crippen LogP contribution >= 0.6 is 0 Å². The van der Waals surface area contributed by atoms with Crippen molar-refractivity contribution in [2.45, 2.75) is 26.7 Å². The lowest BCUT2D eigenvalue weighted by Gasteiger charge is -2.32. The van der Waals surface area contributed by atoms with E-state index in [-0.39, 0.29) is 18.2 Å². The first-order chi connectivity index (χ1) is 11.8. The predicted molar refractivity (Wildman–Crippen MR) is 97.7 cm³/mol. The number of sulfonamides is 1.